The molecule has 1 saturated heterocycles. The second kappa shape index (κ2) is 7.77. The van der Waals surface area contributed by atoms with Crippen molar-refractivity contribution in [2.45, 2.75) is 52.6 Å². The molecule has 0 aliphatic carbocycles. The highest BCUT2D eigenvalue weighted by Gasteiger charge is 2.20. The molecule has 1 aromatic carbocycles. The van der Waals surface area contributed by atoms with Crippen LogP contribution in [0.2, 0.25) is 0 Å². The SMILES string of the molecule is CC(C)=CCN1CCC(N[C@H](C)c2ccc(C)cc2)CC1. The third-order valence-electron chi connectivity index (χ3n) is 4.41. The monoisotopic (exact) mass is 286 g/mol. The maximum atomic E-state index is 3.80. The number of aryl methyl sites for hydroxylation is 1. The first-order valence-corrected chi connectivity index (χ1v) is 8.23. The van der Waals surface area contributed by atoms with Gasteiger partial charge in [-0.2, -0.15) is 0 Å². The molecule has 21 heavy (non-hydrogen) atoms. The van der Waals surface area contributed by atoms with Gasteiger partial charge in [0.1, 0.15) is 0 Å². The molecule has 116 valence electrons. The zero-order valence-electron chi connectivity index (χ0n) is 14.0. The smallest absolute Gasteiger partial charge is 0.0294 e. The summed E-state index contributed by atoms with van der Waals surface area (Å²) in [5.74, 6) is 0. The van der Waals surface area contributed by atoms with Crippen LogP contribution >= 0.6 is 0 Å². The summed E-state index contributed by atoms with van der Waals surface area (Å²) in [7, 11) is 0. The largest absolute Gasteiger partial charge is 0.307 e. The Kier molecular flexibility index (Phi) is 6.01. The van der Waals surface area contributed by atoms with E-state index in [1.807, 2.05) is 0 Å². The van der Waals surface area contributed by atoms with Gasteiger partial charge in [0.2, 0.25) is 0 Å². The van der Waals surface area contributed by atoms with Crippen molar-refractivity contribution < 1.29 is 0 Å². The van der Waals surface area contributed by atoms with E-state index in [0.717, 1.165) is 6.54 Å². The fourth-order valence-corrected chi connectivity index (χ4v) is 2.90. The number of nitrogens with one attached hydrogen (secondary N) is 1. The standard InChI is InChI=1S/C19H30N2/c1-15(2)9-12-21-13-10-19(11-14-21)20-17(4)18-7-5-16(3)6-8-18/h5-9,17,19-20H,10-14H2,1-4H3/t17-/m1/s1. The Balaban J connectivity index is 1.78. The van der Waals surface area contributed by atoms with Crippen molar-refractivity contribution in [2.24, 2.45) is 0 Å². The zero-order chi connectivity index (χ0) is 15.2. The topological polar surface area (TPSA) is 15.3 Å². The van der Waals surface area contributed by atoms with Crippen LogP contribution in [-0.2, 0) is 0 Å². The molecule has 1 heterocycles. The lowest BCUT2D eigenvalue weighted by molar-refractivity contribution is 0.208. The molecule has 1 aliphatic rings. The number of nitrogens with zero attached hydrogens (tertiary/aromatic N) is 1. The maximum absolute atomic E-state index is 3.80. The number of hydrogen-bond donors (Lipinski definition) is 1. The molecule has 0 saturated carbocycles. The van der Waals surface area contributed by atoms with Crippen molar-refractivity contribution in [2.75, 3.05) is 19.6 Å². The molecular weight excluding hydrogens is 256 g/mol. The fourth-order valence-electron chi connectivity index (χ4n) is 2.90. The van der Waals surface area contributed by atoms with E-state index >= 15 is 0 Å². The third kappa shape index (κ3) is 5.29. The van der Waals surface area contributed by atoms with Gasteiger partial charge in [0, 0.05) is 18.6 Å². The van der Waals surface area contributed by atoms with Crippen LogP contribution < -0.4 is 5.32 Å². The van der Waals surface area contributed by atoms with Gasteiger partial charge in [0.15, 0.2) is 0 Å². The average molecular weight is 286 g/mol. The van der Waals surface area contributed by atoms with Crippen molar-refractivity contribution in [1.82, 2.24) is 10.2 Å². The van der Waals surface area contributed by atoms with E-state index in [-0.39, 0.29) is 0 Å². The predicted molar refractivity (Wildman–Crippen MR) is 91.6 cm³/mol. The Morgan fingerprint density at radius 3 is 2.43 bits per heavy atom. The van der Waals surface area contributed by atoms with Crippen LogP contribution in [0.25, 0.3) is 0 Å². The molecule has 0 radical (unpaired) electrons. The molecule has 1 fully saturated rings. The number of allylic oxidation sites excluding steroid dienone is 1. The van der Waals surface area contributed by atoms with E-state index in [1.54, 1.807) is 0 Å². The first-order valence-electron chi connectivity index (χ1n) is 8.23. The van der Waals surface area contributed by atoms with E-state index in [2.05, 4.69) is 68.3 Å². The average Bonchev–Trinajstić information content (AvgIpc) is 2.47. The van der Waals surface area contributed by atoms with E-state index < -0.39 is 0 Å². The highest BCUT2D eigenvalue weighted by molar-refractivity contribution is 5.23. The highest BCUT2D eigenvalue weighted by Crippen LogP contribution is 2.18. The predicted octanol–water partition coefficient (Wildman–Crippen LogP) is 4.08. The first-order chi connectivity index (χ1) is 10.0. The molecule has 2 heteroatoms. The minimum atomic E-state index is 0.444. The molecule has 0 amide bonds. The van der Waals surface area contributed by atoms with Gasteiger partial charge in [0.05, 0.1) is 0 Å². The zero-order valence-corrected chi connectivity index (χ0v) is 14.0. The van der Waals surface area contributed by atoms with Crippen molar-refractivity contribution in [3.8, 4) is 0 Å². The molecular formula is C19H30N2. The molecule has 0 unspecified atom stereocenters. The number of piperidine rings is 1. The Morgan fingerprint density at radius 1 is 1.24 bits per heavy atom. The Bertz CT molecular complexity index is 449. The summed E-state index contributed by atoms with van der Waals surface area (Å²) in [4.78, 5) is 2.56. The fraction of sp³-hybridized carbons (Fsp3) is 0.579. The Hall–Kier alpha value is -1.12. The van der Waals surface area contributed by atoms with Gasteiger partial charge >= 0.3 is 0 Å². The number of rotatable bonds is 5. The van der Waals surface area contributed by atoms with Crippen LogP contribution in [0, 0.1) is 6.92 Å². The summed E-state index contributed by atoms with van der Waals surface area (Å²) < 4.78 is 0. The summed E-state index contributed by atoms with van der Waals surface area (Å²) in [6.07, 6.45) is 4.85. The molecule has 2 rings (SSSR count). The Morgan fingerprint density at radius 2 is 1.86 bits per heavy atom. The van der Waals surface area contributed by atoms with Gasteiger partial charge in [-0.05, 0) is 59.2 Å². The molecule has 0 aromatic heterocycles. The lowest BCUT2D eigenvalue weighted by atomic mass is 10.0. The third-order valence-corrected chi connectivity index (χ3v) is 4.41. The normalized spacial score (nSPS) is 18.5. The van der Waals surface area contributed by atoms with Gasteiger partial charge in [0.25, 0.3) is 0 Å². The molecule has 1 aliphatic heterocycles. The van der Waals surface area contributed by atoms with Gasteiger partial charge in [-0.3, -0.25) is 4.90 Å². The van der Waals surface area contributed by atoms with Crippen LogP contribution in [0.15, 0.2) is 35.9 Å². The van der Waals surface area contributed by atoms with Crippen LogP contribution in [0.5, 0.6) is 0 Å². The summed E-state index contributed by atoms with van der Waals surface area (Å²) in [6, 6.07) is 10.0. The van der Waals surface area contributed by atoms with E-state index in [0.29, 0.717) is 12.1 Å². The molecule has 1 N–H and O–H groups in total. The Labute approximate surface area is 130 Å². The van der Waals surface area contributed by atoms with Crippen LogP contribution in [0.1, 0.15) is 50.8 Å². The van der Waals surface area contributed by atoms with Crippen molar-refractivity contribution in [1.29, 1.82) is 0 Å². The van der Waals surface area contributed by atoms with Gasteiger partial charge < -0.3 is 5.32 Å². The lowest BCUT2D eigenvalue weighted by Gasteiger charge is -2.33. The number of likely N-dealkylation sites (tertiary alicyclic amines) is 1. The van der Waals surface area contributed by atoms with Crippen LogP contribution in [0.4, 0.5) is 0 Å². The van der Waals surface area contributed by atoms with E-state index in [9.17, 15) is 0 Å². The molecule has 2 nitrogen and oxygen atoms in total. The summed E-state index contributed by atoms with van der Waals surface area (Å²) in [6.45, 7) is 12.3. The minimum Gasteiger partial charge on any atom is -0.307 e. The van der Waals surface area contributed by atoms with Gasteiger partial charge in [-0.1, -0.05) is 41.5 Å². The second-order valence-corrected chi connectivity index (χ2v) is 6.66. The van der Waals surface area contributed by atoms with Crippen LogP contribution in [0.3, 0.4) is 0 Å². The maximum Gasteiger partial charge on any atom is 0.0294 e. The van der Waals surface area contributed by atoms with Gasteiger partial charge in [-0.15, -0.1) is 0 Å². The molecule has 1 aromatic rings. The van der Waals surface area contributed by atoms with Crippen molar-refractivity contribution in [3.63, 3.8) is 0 Å². The van der Waals surface area contributed by atoms with E-state index in [4.69, 9.17) is 0 Å². The summed E-state index contributed by atoms with van der Waals surface area (Å²) >= 11 is 0. The molecule has 1 atom stereocenters. The molecule has 0 bridgehead atoms. The van der Waals surface area contributed by atoms with Crippen LogP contribution in [-0.4, -0.2) is 30.6 Å². The van der Waals surface area contributed by atoms with Crippen molar-refractivity contribution in [3.05, 3.63) is 47.0 Å². The lowest BCUT2D eigenvalue weighted by Crippen LogP contribution is -2.43. The second-order valence-electron chi connectivity index (χ2n) is 6.66. The first kappa shape index (κ1) is 16.3. The van der Waals surface area contributed by atoms with Crippen molar-refractivity contribution >= 4 is 0 Å². The minimum absolute atomic E-state index is 0.444. The quantitative estimate of drug-likeness (QED) is 0.821. The van der Waals surface area contributed by atoms with Gasteiger partial charge in [-0.25, -0.2) is 0 Å². The van der Waals surface area contributed by atoms with E-state index in [1.165, 1.54) is 42.6 Å². The summed E-state index contributed by atoms with van der Waals surface area (Å²) in [5.41, 5.74) is 4.15. The summed E-state index contributed by atoms with van der Waals surface area (Å²) in [5, 5.41) is 3.80. The molecule has 0 spiro atoms. The number of benzene rings is 1. The highest BCUT2D eigenvalue weighted by atomic mass is 15.1. The number of hydrogen-bond acceptors (Lipinski definition) is 2.